The molecule has 0 aliphatic carbocycles. The molecule has 3 fully saturated rings. The highest BCUT2D eigenvalue weighted by atomic mass is 16.6. The van der Waals surface area contributed by atoms with E-state index in [1.807, 2.05) is 24.3 Å². The van der Waals surface area contributed by atoms with Gasteiger partial charge in [-0.15, -0.1) is 0 Å². The molecule has 6 heteroatoms. The third-order valence-corrected chi connectivity index (χ3v) is 4.91. The number of nitrogens with two attached hydrogens (primary N) is 1. The Labute approximate surface area is 140 Å². The second kappa shape index (κ2) is 6.20. The van der Waals surface area contributed by atoms with E-state index >= 15 is 0 Å². The number of fused-ring (bicyclic) bond motifs is 3. The molecular weight excluding hydrogens is 306 g/mol. The molecule has 3 saturated heterocycles. The van der Waals surface area contributed by atoms with Crippen molar-refractivity contribution in [1.29, 1.82) is 0 Å². The third-order valence-electron chi connectivity index (χ3n) is 4.91. The number of amides is 1. The van der Waals surface area contributed by atoms with Crippen molar-refractivity contribution in [1.82, 2.24) is 10.2 Å². The second-order valence-corrected chi connectivity index (χ2v) is 6.52. The lowest BCUT2D eigenvalue weighted by Gasteiger charge is -2.44. The number of nitrogens with zero attached hydrogens (tertiary/aromatic N) is 1. The monoisotopic (exact) mass is 327 g/mol. The van der Waals surface area contributed by atoms with Gasteiger partial charge in [-0.25, -0.2) is 4.79 Å². The number of nitrogens with one attached hydrogen (secondary N) is 1. The predicted molar refractivity (Wildman–Crippen MR) is 90.7 cm³/mol. The van der Waals surface area contributed by atoms with Gasteiger partial charge in [-0.1, -0.05) is 12.1 Å². The van der Waals surface area contributed by atoms with Crippen LogP contribution in [0.2, 0.25) is 0 Å². The summed E-state index contributed by atoms with van der Waals surface area (Å²) in [7, 11) is 0. The fourth-order valence-electron chi connectivity index (χ4n) is 3.62. The molecule has 2 aromatic rings. The van der Waals surface area contributed by atoms with Gasteiger partial charge in [0.2, 0.25) is 0 Å². The Morgan fingerprint density at radius 3 is 2.79 bits per heavy atom. The van der Waals surface area contributed by atoms with Gasteiger partial charge in [-0.2, -0.15) is 0 Å². The van der Waals surface area contributed by atoms with Gasteiger partial charge in [0.05, 0.1) is 0 Å². The van der Waals surface area contributed by atoms with Crippen LogP contribution in [0.3, 0.4) is 0 Å². The van der Waals surface area contributed by atoms with Gasteiger partial charge in [-0.05, 0) is 50.0 Å². The number of carbonyl (C=O) groups is 1. The molecule has 0 saturated carbocycles. The summed E-state index contributed by atoms with van der Waals surface area (Å²) in [5, 5.41) is 2.97. The van der Waals surface area contributed by atoms with E-state index in [0.717, 1.165) is 38.0 Å². The molecule has 3 N–H and O–H groups in total. The molecular formula is C18H21N3O3. The van der Waals surface area contributed by atoms with Crippen LogP contribution in [-0.4, -0.2) is 36.7 Å². The minimum absolute atomic E-state index is 0.170. The summed E-state index contributed by atoms with van der Waals surface area (Å²) in [5.74, 6) is 1.36. The van der Waals surface area contributed by atoms with Crippen LogP contribution in [0.4, 0.5) is 10.5 Å². The lowest BCUT2D eigenvalue weighted by atomic mass is 9.84. The molecule has 0 radical (unpaired) electrons. The smallest absolute Gasteiger partial charge is 0.415 e. The predicted octanol–water partition coefficient (Wildman–Crippen LogP) is 2.71. The van der Waals surface area contributed by atoms with Crippen molar-refractivity contribution in [3.63, 3.8) is 0 Å². The summed E-state index contributed by atoms with van der Waals surface area (Å²) in [4.78, 5) is 14.5. The first kappa shape index (κ1) is 15.1. The van der Waals surface area contributed by atoms with Crippen LogP contribution in [0, 0.1) is 5.92 Å². The Kier molecular flexibility index (Phi) is 3.90. The Morgan fingerprint density at radius 1 is 1.25 bits per heavy atom. The topological polar surface area (TPSA) is 80.7 Å². The standard InChI is InChI=1S/C18H21N3O3/c19-14-3-1-2-13(10-14)16-4-5-17(23-16)24-18(22)20-15-11-21-8-6-12(15)7-9-21/h1-5,10,12,15H,6-9,11,19H2,(H,20,22). The number of rotatable bonds is 3. The maximum Gasteiger partial charge on any atom is 0.415 e. The first-order chi connectivity index (χ1) is 11.7. The molecule has 24 heavy (non-hydrogen) atoms. The summed E-state index contributed by atoms with van der Waals surface area (Å²) in [6, 6.07) is 11.0. The third kappa shape index (κ3) is 3.10. The molecule has 1 atom stereocenters. The maximum absolute atomic E-state index is 12.1. The number of nitrogen functional groups attached to an aromatic ring is 1. The number of anilines is 1. The van der Waals surface area contributed by atoms with Crippen LogP contribution in [0.15, 0.2) is 40.8 Å². The molecule has 3 aliphatic heterocycles. The largest absolute Gasteiger partial charge is 0.425 e. The fraction of sp³-hybridized carbons (Fsp3) is 0.389. The van der Waals surface area contributed by atoms with Crippen LogP contribution < -0.4 is 15.8 Å². The maximum atomic E-state index is 12.1. The summed E-state index contributed by atoms with van der Waals surface area (Å²) < 4.78 is 10.9. The molecule has 1 aromatic heterocycles. The van der Waals surface area contributed by atoms with Gasteiger partial charge in [0.15, 0.2) is 0 Å². The zero-order chi connectivity index (χ0) is 16.5. The minimum Gasteiger partial charge on any atom is -0.425 e. The van der Waals surface area contributed by atoms with Crippen LogP contribution in [0.5, 0.6) is 5.95 Å². The van der Waals surface area contributed by atoms with E-state index in [2.05, 4.69) is 10.2 Å². The number of furan rings is 1. The molecule has 1 aromatic carbocycles. The van der Waals surface area contributed by atoms with Crippen molar-refractivity contribution in [3.05, 3.63) is 36.4 Å². The average molecular weight is 327 g/mol. The van der Waals surface area contributed by atoms with Gasteiger partial charge in [0.25, 0.3) is 5.95 Å². The molecule has 126 valence electrons. The average Bonchev–Trinajstić information content (AvgIpc) is 3.04. The zero-order valence-electron chi connectivity index (χ0n) is 13.4. The van der Waals surface area contributed by atoms with Crippen molar-refractivity contribution in [2.24, 2.45) is 5.92 Å². The molecule has 1 amide bonds. The Bertz CT molecular complexity index is 735. The number of piperidine rings is 3. The van der Waals surface area contributed by atoms with Gasteiger partial charge >= 0.3 is 6.09 Å². The number of hydrogen-bond donors (Lipinski definition) is 2. The van der Waals surface area contributed by atoms with E-state index in [1.165, 1.54) is 0 Å². The molecule has 5 rings (SSSR count). The summed E-state index contributed by atoms with van der Waals surface area (Å²) in [6.45, 7) is 3.19. The second-order valence-electron chi connectivity index (χ2n) is 6.52. The number of carbonyl (C=O) groups excluding carboxylic acids is 1. The molecule has 0 spiro atoms. The van der Waals surface area contributed by atoms with Crippen LogP contribution in [-0.2, 0) is 0 Å². The zero-order valence-corrected chi connectivity index (χ0v) is 13.4. The van der Waals surface area contributed by atoms with E-state index < -0.39 is 6.09 Å². The van der Waals surface area contributed by atoms with Crippen molar-refractivity contribution < 1.29 is 13.9 Å². The summed E-state index contributed by atoms with van der Waals surface area (Å²) in [6.07, 6.45) is 1.83. The van der Waals surface area contributed by atoms with Crippen LogP contribution >= 0.6 is 0 Å². The highest BCUT2D eigenvalue weighted by molar-refractivity contribution is 5.71. The van der Waals surface area contributed by atoms with Gasteiger partial charge in [0.1, 0.15) is 5.76 Å². The van der Waals surface area contributed by atoms with E-state index in [0.29, 0.717) is 17.4 Å². The van der Waals surface area contributed by atoms with E-state index in [4.69, 9.17) is 14.9 Å². The highest BCUT2D eigenvalue weighted by Crippen LogP contribution is 2.29. The summed E-state index contributed by atoms with van der Waals surface area (Å²) >= 11 is 0. The Hall–Kier alpha value is -2.47. The normalized spacial score (nSPS) is 25.4. The molecule has 4 heterocycles. The van der Waals surface area contributed by atoms with Gasteiger partial charge in [-0.3, -0.25) is 0 Å². The molecule has 6 nitrogen and oxygen atoms in total. The van der Waals surface area contributed by atoms with Gasteiger partial charge in [0, 0.05) is 29.9 Å². The highest BCUT2D eigenvalue weighted by Gasteiger charge is 2.35. The SMILES string of the molecule is Nc1cccc(-c2ccc(OC(=O)NC3CN4CCC3CC4)o2)c1. The van der Waals surface area contributed by atoms with Crippen LogP contribution in [0.1, 0.15) is 12.8 Å². The van der Waals surface area contributed by atoms with E-state index in [1.54, 1.807) is 12.1 Å². The minimum atomic E-state index is -0.456. The van der Waals surface area contributed by atoms with Gasteiger partial charge < -0.3 is 25.1 Å². The van der Waals surface area contributed by atoms with Crippen molar-refractivity contribution >= 4 is 11.8 Å². The number of benzene rings is 1. The Balaban J connectivity index is 1.38. The number of hydrogen-bond acceptors (Lipinski definition) is 5. The van der Waals surface area contributed by atoms with Crippen LogP contribution in [0.25, 0.3) is 11.3 Å². The van der Waals surface area contributed by atoms with Crippen molar-refractivity contribution in [3.8, 4) is 17.3 Å². The van der Waals surface area contributed by atoms with Crippen molar-refractivity contribution in [2.75, 3.05) is 25.4 Å². The fourth-order valence-corrected chi connectivity index (χ4v) is 3.62. The first-order valence-corrected chi connectivity index (χ1v) is 8.34. The van der Waals surface area contributed by atoms with Crippen molar-refractivity contribution in [2.45, 2.75) is 18.9 Å². The Morgan fingerprint density at radius 2 is 2.08 bits per heavy atom. The quantitative estimate of drug-likeness (QED) is 0.847. The van der Waals surface area contributed by atoms with E-state index in [-0.39, 0.29) is 12.0 Å². The number of ether oxygens (including phenoxy) is 1. The summed E-state index contributed by atoms with van der Waals surface area (Å²) in [5.41, 5.74) is 7.28. The lowest BCUT2D eigenvalue weighted by molar-refractivity contribution is 0.0715. The molecule has 3 aliphatic rings. The molecule has 2 bridgehead atoms. The molecule has 1 unspecified atom stereocenters. The first-order valence-electron chi connectivity index (χ1n) is 8.34. The lowest BCUT2D eigenvalue weighted by Crippen LogP contribution is -2.57. The van der Waals surface area contributed by atoms with E-state index in [9.17, 15) is 4.79 Å².